The highest BCUT2D eigenvalue weighted by Gasteiger charge is 2.13. The molecule has 5 heteroatoms. The Morgan fingerprint density at radius 2 is 2.32 bits per heavy atom. The second-order valence-corrected chi connectivity index (χ2v) is 5.85. The van der Waals surface area contributed by atoms with Gasteiger partial charge in [-0.05, 0) is 38.1 Å². The van der Waals surface area contributed by atoms with Crippen molar-refractivity contribution in [1.82, 2.24) is 10.2 Å². The molecule has 0 saturated heterocycles. The van der Waals surface area contributed by atoms with Gasteiger partial charge in [-0.3, -0.25) is 9.69 Å². The smallest absolute Gasteiger partial charge is 0.234 e. The van der Waals surface area contributed by atoms with Crippen molar-refractivity contribution in [1.29, 1.82) is 0 Å². The molecule has 0 saturated carbocycles. The number of aliphatic hydroxyl groups excluding tert-OH is 1. The Bertz CT molecular complexity index is 352. The molecular formula is C14H24N2O2S. The van der Waals surface area contributed by atoms with E-state index in [2.05, 4.69) is 30.1 Å². The maximum atomic E-state index is 11.8. The van der Waals surface area contributed by atoms with Crippen molar-refractivity contribution in [3.05, 3.63) is 22.4 Å². The summed E-state index contributed by atoms with van der Waals surface area (Å²) < 4.78 is 0. The minimum atomic E-state index is 0.0585. The lowest BCUT2D eigenvalue weighted by Gasteiger charge is -2.25. The van der Waals surface area contributed by atoms with Crippen LogP contribution in [0.5, 0.6) is 0 Å². The highest BCUT2D eigenvalue weighted by molar-refractivity contribution is 7.09. The lowest BCUT2D eigenvalue weighted by molar-refractivity contribution is -0.122. The van der Waals surface area contributed by atoms with Crippen molar-refractivity contribution in [2.75, 3.05) is 26.2 Å². The third kappa shape index (κ3) is 6.71. The highest BCUT2D eigenvalue weighted by Crippen LogP contribution is 2.08. The van der Waals surface area contributed by atoms with Gasteiger partial charge in [0.25, 0.3) is 0 Å². The van der Waals surface area contributed by atoms with Crippen LogP contribution in [0.1, 0.15) is 25.1 Å². The van der Waals surface area contributed by atoms with Gasteiger partial charge in [-0.2, -0.15) is 0 Å². The molecule has 1 aromatic rings. The topological polar surface area (TPSA) is 52.6 Å². The Kier molecular flexibility index (Phi) is 7.70. The quantitative estimate of drug-likeness (QED) is 0.722. The molecule has 0 bridgehead atoms. The second kappa shape index (κ2) is 9.07. The van der Waals surface area contributed by atoms with Gasteiger partial charge < -0.3 is 10.4 Å². The van der Waals surface area contributed by atoms with E-state index >= 15 is 0 Å². The highest BCUT2D eigenvalue weighted by atomic mass is 32.1. The third-order valence-electron chi connectivity index (χ3n) is 2.95. The zero-order valence-corrected chi connectivity index (χ0v) is 12.6. The Labute approximate surface area is 119 Å². The van der Waals surface area contributed by atoms with Crippen molar-refractivity contribution in [2.24, 2.45) is 0 Å². The Balaban J connectivity index is 2.23. The average Bonchev–Trinajstić information content (AvgIpc) is 2.87. The maximum Gasteiger partial charge on any atom is 0.234 e. The van der Waals surface area contributed by atoms with E-state index in [0.717, 1.165) is 13.0 Å². The SMILES string of the molecule is CC(C)N(CCCO)CC(=O)NCCc1cccs1. The number of rotatable bonds is 9. The summed E-state index contributed by atoms with van der Waals surface area (Å²) in [6, 6.07) is 4.42. The van der Waals surface area contributed by atoms with Crippen LogP contribution >= 0.6 is 11.3 Å². The first-order valence-electron chi connectivity index (χ1n) is 6.77. The molecule has 0 aliphatic rings. The maximum absolute atomic E-state index is 11.8. The van der Waals surface area contributed by atoms with Gasteiger partial charge in [-0.25, -0.2) is 0 Å². The summed E-state index contributed by atoms with van der Waals surface area (Å²) in [5.41, 5.74) is 0. The summed E-state index contributed by atoms with van der Waals surface area (Å²) in [4.78, 5) is 15.2. The van der Waals surface area contributed by atoms with Crippen LogP contribution in [0.15, 0.2) is 17.5 Å². The van der Waals surface area contributed by atoms with Crippen LogP contribution in [0.4, 0.5) is 0 Å². The van der Waals surface area contributed by atoms with Crippen molar-refractivity contribution in [3.63, 3.8) is 0 Å². The Morgan fingerprint density at radius 3 is 2.89 bits per heavy atom. The van der Waals surface area contributed by atoms with Crippen molar-refractivity contribution in [3.8, 4) is 0 Å². The molecule has 108 valence electrons. The first kappa shape index (κ1) is 16.1. The van der Waals surface area contributed by atoms with Gasteiger partial charge in [-0.15, -0.1) is 11.3 Å². The first-order valence-corrected chi connectivity index (χ1v) is 7.65. The van der Waals surface area contributed by atoms with E-state index in [1.807, 2.05) is 11.4 Å². The monoisotopic (exact) mass is 284 g/mol. The predicted octanol–water partition coefficient (Wildman–Crippen LogP) is 1.50. The summed E-state index contributed by atoms with van der Waals surface area (Å²) in [7, 11) is 0. The van der Waals surface area contributed by atoms with Crippen LogP contribution in [0.2, 0.25) is 0 Å². The minimum absolute atomic E-state index is 0.0585. The molecule has 4 nitrogen and oxygen atoms in total. The number of nitrogens with zero attached hydrogens (tertiary/aromatic N) is 1. The largest absolute Gasteiger partial charge is 0.396 e. The number of thiophene rings is 1. The second-order valence-electron chi connectivity index (χ2n) is 4.82. The van der Waals surface area contributed by atoms with Gasteiger partial charge in [0.05, 0.1) is 6.54 Å². The average molecular weight is 284 g/mol. The third-order valence-corrected chi connectivity index (χ3v) is 3.89. The van der Waals surface area contributed by atoms with Crippen molar-refractivity contribution >= 4 is 17.2 Å². The number of hydrogen-bond acceptors (Lipinski definition) is 4. The summed E-state index contributed by atoms with van der Waals surface area (Å²) >= 11 is 1.71. The molecule has 19 heavy (non-hydrogen) atoms. The number of carbonyl (C=O) groups is 1. The molecule has 1 amide bonds. The van der Waals surface area contributed by atoms with Crippen molar-refractivity contribution in [2.45, 2.75) is 32.7 Å². The number of carbonyl (C=O) groups excluding carboxylic acids is 1. The zero-order valence-electron chi connectivity index (χ0n) is 11.8. The van der Waals surface area contributed by atoms with E-state index < -0.39 is 0 Å². The molecule has 0 fully saturated rings. The first-order chi connectivity index (χ1) is 9.13. The normalized spacial score (nSPS) is 11.2. The Hall–Kier alpha value is -0.910. The van der Waals surface area contributed by atoms with Gasteiger partial charge in [0.15, 0.2) is 0 Å². The molecule has 0 aromatic carbocycles. The molecule has 0 aliphatic carbocycles. The molecular weight excluding hydrogens is 260 g/mol. The molecule has 2 N–H and O–H groups in total. The number of nitrogens with one attached hydrogen (secondary N) is 1. The number of amides is 1. The summed E-state index contributed by atoms with van der Waals surface area (Å²) in [5, 5.41) is 13.8. The Morgan fingerprint density at radius 1 is 1.53 bits per heavy atom. The lowest BCUT2D eigenvalue weighted by atomic mass is 10.2. The van der Waals surface area contributed by atoms with Gasteiger partial charge in [0.2, 0.25) is 5.91 Å². The van der Waals surface area contributed by atoms with E-state index in [9.17, 15) is 4.79 Å². The van der Waals surface area contributed by atoms with Crippen LogP contribution in [0.25, 0.3) is 0 Å². The summed E-state index contributed by atoms with van der Waals surface area (Å²) in [6.45, 7) is 6.15. The van der Waals surface area contributed by atoms with Gasteiger partial charge in [0, 0.05) is 30.6 Å². The number of aliphatic hydroxyl groups is 1. The molecule has 0 spiro atoms. The zero-order chi connectivity index (χ0) is 14.1. The molecule has 1 heterocycles. The fraction of sp³-hybridized carbons (Fsp3) is 0.643. The van der Waals surface area contributed by atoms with E-state index in [1.54, 1.807) is 11.3 Å². The van der Waals surface area contributed by atoms with Crippen LogP contribution in [-0.2, 0) is 11.2 Å². The molecule has 0 atom stereocenters. The van der Waals surface area contributed by atoms with Crippen LogP contribution in [-0.4, -0.2) is 48.2 Å². The predicted molar refractivity (Wildman–Crippen MR) is 79.4 cm³/mol. The van der Waals surface area contributed by atoms with Gasteiger partial charge >= 0.3 is 0 Å². The summed E-state index contributed by atoms with van der Waals surface area (Å²) in [6.07, 6.45) is 1.60. The fourth-order valence-electron chi connectivity index (χ4n) is 1.81. The fourth-order valence-corrected chi connectivity index (χ4v) is 2.52. The van der Waals surface area contributed by atoms with Gasteiger partial charge in [-0.1, -0.05) is 6.07 Å². The van der Waals surface area contributed by atoms with Crippen LogP contribution in [0, 0.1) is 0 Å². The van der Waals surface area contributed by atoms with E-state index in [4.69, 9.17) is 5.11 Å². The van der Waals surface area contributed by atoms with E-state index in [0.29, 0.717) is 25.6 Å². The molecule has 0 radical (unpaired) electrons. The minimum Gasteiger partial charge on any atom is -0.396 e. The van der Waals surface area contributed by atoms with Gasteiger partial charge in [0.1, 0.15) is 0 Å². The summed E-state index contributed by atoms with van der Waals surface area (Å²) in [5.74, 6) is 0.0585. The van der Waals surface area contributed by atoms with Crippen LogP contribution < -0.4 is 5.32 Å². The van der Waals surface area contributed by atoms with E-state index in [1.165, 1.54) is 4.88 Å². The number of hydrogen-bond donors (Lipinski definition) is 2. The standard InChI is InChI=1S/C14H24N2O2S/c1-12(2)16(8-4-9-17)11-14(18)15-7-6-13-5-3-10-19-13/h3,5,10,12,17H,4,6-9,11H2,1-2H3,(H,15,18). The van der Waals surface area contributed by atoms with E-state index in [-0.39, 0.29) is 12.5 Å². The molecule has 1 aromatic heterocycles. The van der Waals surface area contributed by atoms with Crippen LogP contribution in [0.3, 0.4) is 0 Å². The van der Waals surface area contributed by atoms with Crippen molar-refractivity contribution < 1.29 is 9.90 Å². The molecule has 0 unspecified atom stereocenters. The molecule has 1 rings (SSSR count). The molecule has 0 aliphatic heterocycles. The lowest BCUT2D eigenvalue weighted by Crippen LogP contribution is -2.42.